The average molecular weight is 657 g/mol. The van der Waals surface area contributed by atoms with Crippen LogP contribution >= 0.6 is 0 Å². The minimum absolute atomic E-state index is 0.584. The average Bonchev–Trinajstić information content (AvgIpc) is 3.70. The van der Waals surface area contributed by atoms with E-state index >= 15 is 0 Å². The molecule has 234 valence electrons. The van der Waals surface area contributed by atoms with Gasteiger partial charge in [0, 0.05) is 57.8 Å². The highest BCUT2D eigenvalue weighted by atomic mass is 28.3. The molecule has 0 spiro atoms. The summed E-state index contributed by atoms with van der Waals surface area (Å²) in [5, 5.41) is 7.49. The molecule has 0 radical (unpaired) electrons. The summed E-state index contributed by atoms with van der Waals surface area (Å²) in [6.07, 6.45) is 7.83. The molecule has 0 saturated heterocycles. The molecule has 0 atom stereocenters. The maximum absolute atomic E-state index is 5.26. The Hall–Kier alpha value is -6.57. The van der Waals surface area contributed by atoms with Gasteiger partial charge in [-0.25, -0.2) is 4.98 Å². The number of pyridine rings is 2. The Morgan fingerprint density at radius 1 is 0.440 bits per heavy atom. The molecule has 0 saturated carbocycles. The number of nitrogens with zero attached hydrogens (tertiary/aromatic N) is 6. The zero-order valence-electron chi connectivity index (χ0n) is 26.8. The molecule has 5 heterocycles. The highest BCUT2D eigenvalue weighted by Gasteiger charge is 2.49. The summed E-state index contributed by atoms with van der Waals surface area (Å²) in [5.74, 6) is 1.83. The Morgan fingerprint density at radius 2 is 0.960 bits per heavy atom. The first kappa shape index (κ1) is 28.4. The Labute approximate surface area is 289 Å². The van der Waals surface area contributed by atoms with Gasteiger partial charge >= 0.3 is 0 Å². The van der Waals surface area contributed by atoms with Crippen molar-refractivity contribution in [3.63, 3.8) is 0 Å². The summed E-state index contributed by atoms with van der Waals surface area (Å²) in [4.78, 5) is 24.7. The summed E-state index contributed by atoms with van der Waals surface area (Å²) in [6.45, 7) is 0. The van der Waals surface area contributed by atoms with E-state index in [-0.39, 0.29) is 0 Å². The van der Waals surface area contributed by atoms with Gasteiger partial charge in [0.2, 0.25) is 5.95 Å². The molecule has 7 heteroatoms. The molecule has 6 nitrogen and oxygen atoms in total. The Morgan fingerprint density at radius 3 is 1.60 bits per heavy atom. The number of aromatic nitrogens is 6. The number of para-hydroxylation sites is 2. The first-order chi connectivity index (χ1) is 24.8. The maximum atomic E-state index is 5.26. The zero-order valence-corrected chi connectivity index (χ0v) is 27.8. The predicted octanol–water partition coefficient (Wildman–Crippen LogP) is 6.45. The van der Waals surface area contributed by atoms with Crippen LogP contribution in [0.25, 0.3) is 61.7 Å². The third-order valence-electron chi connectivity index (χ3n) is 9.94. The second kappa shape index (κ2) is 11.3. The fourth-order valence-electron chi connectivity index (χ4n) is 7.83. The molecule has 0 unspecified atom stereocenters. The molecule has 9 aromatic rings. The highest BCUT2D eigenvalue weighted by Crippen LogP contribution is 2.33. The molecule has 0 bridgehead atoms. The molecule has 5 aromatic carbocycles. The van der Waals surface area contributed by atoms with Crippen molar-refractivity contribution >= 4 is 50.6 Å². The molecule has 50 heavy (non-hydrogen) atoms. The van der Waals surface area contributed by atoms with E-state index in [2.05, 4.69) is 142 Å². The van der Waals surface area contributed by atoms with Gasteiger partial charge < -0.3 is 0 Å². The van der Waals surface area contributed by atoms with Gasteiger partial charge in [0.1, 0.15) is 0 Å². The van der Waals surface area contributed by atoms with E-state index in [1.165, 1.54) is 20.7 Å². The molecule has 4 aromatic heterocycles. The van der Waals surface area contributed by atoms with Crippen molar-refractivity contribution < 1.29 is 0 Å². The summed E-state index contributed by atoms with van der Waals surface area (Å²) >= 11 is 0. The van der Waals surface area contributed by atoms with Crippen LogP contribution < -0.4 is 20.7 Å². The molecule has 10 rings (SSSR count). The lowest BCUT2D eigenvalue weighted by Gasteiger charge is -2.31. The van der Waals surface area contributed by atoms with E-state index in [1.807, 2.05) is 43.0 Å². The largest absolute Gasteiger partial charge is 0.278 e. The van der Waals surface area contributed by atoms with Crippen molar-refractivity contribution in [3.8, 4) is 39.9 Å². The van der Waals surface area contributed by atoms with Crippen LogP contribution in [0.2, 0.25) is 0 Å². The minimum Gasteiger partial charge on any atom is -0.278 e. The van der Waals surface area contributed by atoms with Crippen LogP contribution in [-0.4, -0.2) is 37.6 Å². The van der Waals surface area contributed by atoms with Crippen molar-refractivity contribution in [2.24, 2.45) is 0 Å². The van der Waals surface area contributed by atoms with E-state index in [0.29, 0.717) is 17.6 Å². The van der Waals surface area contributed by atoms with Gasteiger partial charge in [-0.15, -0.1) is 0 Å². The van der Waals surface area contributed by atoms with Crippen LogP contribution in [0.15, 0.2) is 170 Å². The van der Waals surface area contributed by atoms with Crippen LogP contribution in [0.5, 0.6) is 0 Å². The van der Waals surface area contributed by atoms with E-state index in [4.69, 9.17) is 15.0 Å². The molecule has 0 amide bonds. The highest BCUT2D eigenvalue weighted by molar-refractivity contribution is 7.22. The molecular weight excluding hydrogens is 629 g/mol. The molecular formula is C43H28N6Si. The van der Waals surface area contributed by atoms with Crippen LogP contribution in [-0.2, 0) is 0 Å². The lowest BCUT2D eigenvalue weighted by Crippen LogP contribution is -2.72. The predicted molar refractivity (Wildman–Crippen MR) is 203 cm³/mol. The third kappa shape index (κ3) is 4.17. The van der Waals surface area contributed by atoms with Crippen molar-refractivity contribution in [2.45, 2.75) is 0 Å². The molecule has 0 N–H and O–H groups in total. The van der Waals surface area contributed by atoms with Crippen LogP contribution in [0.1, 0.15) is 0 Å². The number of rotatable bonds is 5. The fourth-order valence-corrected chi connectivity index (χ4v) is 13.0. The van der Waals surface area contributed by atoms with Gasteiger partial charge in [-0.05, 0) is 45.0 Å². The van der Waals surface area contributed by atoms with Crippen molar-refractivity contribution in [1.82, 2.24) is 29.5 Å². The van der Waals surface area contributed by atoms with Crippen LogP contribution in [0.4, 0.5) is 0 Å². The number of benzene rings is 5. The van der Waals surface area contributed by atoms with Crippen LogP contribution in [0.3, 0.4) is 0 Å². The first-order valence-electron chi connectivity index (χ1n) is 16.7. The standard InChI is InChI=1S/C43H28N6Si/c1-3-12-29(13-4-1)41-46-42(48-43(47-41)49-37-20-9-7-18-33(37)34-19-8-10-21-38(34)49)30-14-11-17-32(26-30)50(31-15-5-2-6-16-31)39-22-24-44-27-35(39)36-28-45-25-23-40(36)50/h1-28H. The molecule has 1 aliphatic rings. The molecule has 1 aliphatic heterocycles. The van der Waals surface area contributed by atoms with Crippen molar-refractivity contribution in [3.05, 3.63) is 170 Å². The summed E-state index contributed by atoms with van der Waals surface area (Å²) in [5.41, 5.74) is 6.27. The summed E-state index contributed by atoms with van der Waals surface area (Å²) in [6, 6.07) is 51.2. The van der Waals surface area contributed by atoms with E-state index in [0.717, 1.165) is 44.1 Å². The Bertz CT molecular complexity index is 2630. The lowest BCUT2D eigenvalue weighted by molar-refractivity contribution is 0.953. The summed E-state index contributed by atoms with van der Waals surface area (Å²) in [7, 11) is -2.76. The van der Waals surface area contributed by atoms with Gasteiger partial charge in [-0.2, -0.15) is 9.97 Å². The Balaban J connectivity index is 1.25. The topological polar surface area (TPSA) is 69.4 Å². The Kier molecular flexibility index (Phi) is 6.40. The van der Waals surface area contributed by atoms with Gasteiger partial charge in [-0.3, -0.25) is 14.5 Å². The summed E-state index contributed by atoms with van der Waals surface area (Å²) < 4.78 is 2.16. The lowest BCUT2D eigenvalue weighted by atomic mass is 10.1. The molecule has 0 aliphatic carbocycles. The minimum atomic E-state index is -2.76. The van der Waals surface area contributed by atoms with E-state index in [9.17, 15) is 0 Å². The zero-order chi connectivity index (χ0) is 33.1. The number of hydrogen-bond acceptors (Lipinski definition) is 5. The van der Waals surface area contributed by atoms with Crippen molar-refractivity contribution in [1.29, 1.82) is 0 Å². The quantitative estimate of drug-likeness (QED) is 0.199. The number of hydrogen-bond donors (Lipinski definition) is 0. The maximum Gasteiger partial charge on any atom is 0.238 e. The SMILES string of the molecule is c1ccc(-c2nc(-c3cccc([Si]4(c5ccccc5)c5ccncc5-c5cnccc54)c3)nc(-n3c4ccccc4c4ccccc43)n2)cc1. The van der Waals surface area contributed by atoms with Gasteiger partial charge in [0.25, 0.3) is 0 Å². The molecule has 0 fully saturated rings. The van der Waals surface area contributed by atoms with Crippen LogP contribution in [0, 0.1) is 0 Å². The van der Waals surface area contributed by atoms with Gasteiger partial charge in [0.15, 0.2) is 19.7 Å². The van der Waals surface area contributed by atoms with E-state index < -0.39 is 8.07 Å². The monoisotopic (exact) mass is 656 g/mol. The smallest absolute Gasteiger partial charge is 0.238 e. The fraction of sp³-hybridized carbons (Fsp3) is 0. The second-order valence-electron chi connectivity index (χ2n) is 12.6. The number of fused-ring (bicyclic) bond motifs is 6. The second-order valence-corrected chi connectivity index (χ2v) is 16.3. The van der Waals surface area contributed by atoms with Gasteiger partial charge in [-0.1, -0.05) is 121 Å². The van der Waals surface area contributed by atoms with Gasteiger partial charge in [0.05, 0.1) is 11.0 Å². The van der Waals surface area contributed by atoms with E-state index in [1.54, 1.807) is 0 Å². The normalized spacial score (nSPS) is 13.0. The third-order valence-corrected chi connectivity index (χ3v) is 14.8. The van der Waals surface area contributed by atoms with Crippen molar-refractivity contribution in [2.75, 3.05) is 0 Å². The first-order valence-corrected chi connectivity index (χ1v) is 18.7.